The fraction of sp³-hybridized carbons (Fsp3) is 0.667. The zero-order valence-electron chi connectivity index (χ0n) is 8.62. The predicted molar refractivity (Wildman–Crippen MR) is 54.2 cm³/mol. The van der Waals surface area contributed by atoms with Gasteiger partial charge < -0.3 is 0 Å². The minimum atomic E-state index is -0.561. The molecular weight excluding hydrogens is 393 g/mol. The third-order valence-electron chi connectivity index (χ3n) is 1.88. The number of esters is 1. The summed E-state index contributed by atoms with van der Waals surface area (Å²) in [5.74, 6) is -0.382. The van der Waals surface area contributed by atoms with Crippen molar-refractivity contribution in [3.05, 3.63) is 0 Å². The molecule has 0 aromatic carbocycles. The maximum absolute atomic E-state index is 11.3. The summed E-state index contributed by atoms with van der Waals surface area (Å²) in [5, 5.41) is 2.40. The van der Waals surface area contributed by atoms with Gasteiger partial charge in [0.25, 0.3) is 0 Å². The van der Waals surface area contributed by atoms with Crippen LogP contribution in [-0.2, 0) is 19.1 Å². The van der Waals surface area contributed by atoms with Crippen molar-refractivity contribution in [2.75, 3.05) is 4.17 Å². The minimum absolute atomic E-state index is 0.0687. The second-order valence-corrected chi connectivity index (χ2v) is 3.98. The van der Waals surface area contributed by atoms with E-state index >= 15 is 0 Å². The monoisotopic (exact) mass is 408 g/mol. The fourth-order valence-corrected chi connectivity index (χ4v) is 1.71. The number of hydrogen-bond donors (Lipinski definition) is 1. The van der Waals surface area contributed by atoms with E-state index in [1.807, 2.05) is 0 Å². The average molecular weight is 407 g/mol. The van der Waals surface area contributed by atoms with Gasteiger partial charge in [-0.1, -0.05) is 0 Å². The molecule has 1 atom stereocenters. The Labute approximate surface area is 105 Å². The van der Waals surface area contributed by atoms with E-state index < -0.39 is 6.04 Å². The van der Waals surface area contributed by atoms with E-state index in [1.54, 1.807) is 6.92 Å². The van der Waals surface area contributed by atoms with Gasteiger partial charge in [-0.25, -0.2) is 0 Å². The van der Waals surface area contributed by atoms with Crippen LogP contribution >= 0.6 is 0 Å². The van der Waals surface area contributed by atoms with Crippen LogP contribution in [0, 0.1) is 0 Å². The van der Waals surface area contributed by atoms with Crippen molar-refractivity contribution in [3.8, 4) is 0 Å². The Morgan fingerprint density at radius 2 is 2.20 bits per heavy atom. The van der Waals surface area contributed by atoms with Crippen molar-refractivity contribution in [1.82, 2.24) is 5.32 Å². The summed E-state index contributed by atoms with van der Waals surface area (Å²) in [7, 11) is 0. The third-order valence-corrected chi connectivity index (χ3v) is 2.44. The average Bonchev–Trinajstić information content (AvgIpc) is 2.23. The second-order valence-electron chi connectivity index (χ2n) is 2.86. The fourth-order valence-electron chi connectivity index (χ4n) is 1.08. The van der Waals surface area contributed by atoms with Crippen LogP contribution in [0.15, 0.2) is 0 Å². The Kier molecular flexibility index (Phi) is 8.53. The quantitative estimate of drug-likeness (QED) is 0.336. The Morgan fingerprint density at radius 1 is 1.53 bits per heavy atom. The number of carbonyl (C=O) groups excluding carboxylic acids is 3. The molecule has 0 saturated carbocycles. The molecule has 0 saturated heterocycles. The van der Waals surface area contributed by atoms with Crippen molar-refractivity contribution >= 4 is 43.9 Å². The van der Waals surface area contributed by atoms with Gasteiger partial charge in [0.15, 0.2) is 0 Å². The first-order valence-corrected chi connectivity index (χ1v) is 7.43. The van der Waals surface area contributed by atoms with Gasteiger partial charge in [-0.15, -0.1) is 0 Å². The van der Waals surface area contributed by atoms with Crippen LogP contribution in [0.25, 0.3) is 0 Å². The van der Waals surface area contributed by atoms with Crippen molar-refractivity contribution in [3.63, 3.8) is 0 Å². The maximum atomic E-state index is 11.3. The summed E-state index contributed by atoms with van der Waals surface area (Å²) in [6, 6.07) is -0.561. The van der Waals surface area contributed by atoms with Gasteiger partial charge in [-0.05, 0) is 0 Å². The van der Waals surface area contributed by atoms with E-state index in [0.717, 1.165) is 25.8 Å². The molecule has 6 heteroatoms. The number of nitrogens with one attached hydrogen (secondary N) is 1. The molecule has 1 unspecified atom stereocenters. The number of ketones is 1. The number of hydrogen-bond acceptors (Lipinski definition) is 4. The van der Waals surface area contributed by atoms with Crippen molar-refractivity contribution in [1.29, 1.82) is 0 Å². The van der Waals surface area contributed by atoms with Gasteiger partial charge in [0.2, 0.25) is 0 Å². The molecule has 0 aromatic heterocycles. The van der Waals surface area contributed by atoms with Gasteiger partial charge in [0.1, 0.15) is 0 Å². The summed E-state index contributed by atoms with van der Waals surface area (Å²) < 4.78 is 5.24. The molecule has 1 amide bonds. The first kappa shape index (κ1) is 14.5. The second kappa shape index (κ2) is 8.81. The molecule has 5 nitrogen and oxygen atoms in total. The molecule has 0 spiro atoms. The first-order chi connectivity index (χ1) is 7.15. The van der Waals surface area contributed by atoms with E-state index in [-0.39, 0.29) is 18.2 Å². The molecular formula is C9H14NO4Pb. The summed E-state index contributed by atoms with van der Waals surface area (Å²) in [6.07, 6.45) is 1.31. The first-order valence-electron chi connectivity index (χ1n) is 4.68. The summed E-state index contributed by atoms with van der Waals surface area (Å²) >= 11 is 0.807. The summed E-state index contributed by atoms with van der Waals surface area (Å²) in [4.78, 5) is 32.6. The predicted octanol–water partition coefficient (Wildman–Crippen LogP) is -0.471. The van der Waals surface area contributed by atoms with Crippen LogP contribution in [0.4, 0.5) is 0 Å². The molecule has 0 rings (SSSR count). The SMILES string of the molecule is CCC(=O)C(CCC(=O)O[CH2][Pb])NC=O. The molecule has 0 aliphatic heterocycles. The number of carbonyl (C=O) groups is 3. The van der Waals surface area contributed by atoms with Crippen molar-refractivity contribution < 1.29 is 19.1 Å². The van der Waals surface area contributed by atoms with Crippen molar-refractivity contribution in [2.24, 2.45) is 0 Å². The zero-order valence-corrected chi connectivity index (χ0v) is 12.5. The van der Waals surface area contributed by atoms with Gasteiger partial charge in [-0.3, -0.25) is 0 Å². The standard InChI is InChI=1S/C9H14NO4.Pb/c1-3-8(12)7(10-6-11)4-5-9(13)14-2;/h6-7H,2-5H2,1H3,(H,10,11);. The Balaban J connectivity index is 4.00. The van der Waals surface area contributed by atoms with E-state index in [1.165, 1.54) is 0 Å². The summed E-state index contributed by atoms with van der Waals surface area (Å²) in [6.45, 7) is 1.72. The van der Waals surface area contributed by atoms with E-state index in [0.29, 0.717) is 23.4 Å². The molecule has 0 heterocycles. The van der Waals surface area contributed by atoms with Crippen LogP contribution in [0.1, 0.15) is 26.2 Å². The van der Waals surface area contributed by atoms with Gasteiger partial charge >= 0.3 is 105 Å². The molecule has 83 valence electrons. The molecule has 0 fully saturated rings. The van der Waals surface area contributed by atoms with Gasteiger partial charge in [0.05, 0.1) is 0 Å². The normalized spacial score (nSPS) is 11.6. The zero-order chi connectivity index (χ0) is 11.7. The Morgan fingerprint density at radius 3 is 2.67 bits per heavy atom. The van der Waals surface area contributed by atoms with Crippen LogP contribution in [0.5, 0.6) is 0 Å². The number of amides is 1. The molecule has 0 bridgehead atoms. The Bertz CT molecular complexity index is 232. The third kappa shape index (κ3) is 6.58. The Hall–Kier alpha value is -0.468. The number of Topliss-reactive ketones (excluding diaryl/α,β-unsaturated/α-hetero) is 1. The molecule has 3 radical (unpaired) electrons. The number of ether oxygens (including phenoxy) is 1. The molecule has 15 heavy (non-hydrogen) atoms. The van der Waals surface area contributed by atoms with Crippen LogP contribution in [0.2, 0.25) is 0 Å². The number of rotatable bonds is 8. The van der Waals surface area contributed by atoms with Gasteiger partial charge in [0, 0.05) is 0 Å². The molecule has 0 aliphatic carbocycles. The van der Waals surface area contributed by atoms with Crippen LogP contribution in [0.3, 0.4) is 0 Å². The topological polar surface area (TPSA) is 72.5 Å². The van der Waals surface area contributed by atoms with Gasteiger partial charge in [-0.2, -0.15) is 0 Å². The van der Waals surface area contributed by atoms with Crippen LogP contribution < -0.4 is 5.32 Å². The van der Waals surface area contributed by atoms with E-state index in [9.17, 15) is 14.4 Å². The van der Waals surface area contributed by atoms with E-state index in [2.05, 4.69) is 5.32 Å². The van der Waals surface area contributed by atoms with E-state index in [4.69, 9.17) is 4.74 Å². The summed E-state index contributed by atoms with van der Waals surface area (Å²) in [5.41, 5.74) is 0. The molecule has 0 aromatic rings. The molecule has 0 aliphatic rings. The van der Waals surface area contributed by atoms with Crippen molar-refractivity contribution in [2.45, 2.75) is 32.2 Å². The van der Waals surface area contributed by atoms with Crippen LogP contribution in [-0.4, -0.2) is 54.1 Å². The molecule has 1 N–H and O–H groups in total.